The average Bonchev–Trinajstić information content (AvgIpc) is 3.48. The second kappa shape index (κ2) is 9.31. The van der Waals surface area contributed by atoms with Crippen LogP contribution in [0.25, 0.3) is 21.3 Å². The van der Waals surface area contributed by atoms with E-state index in [1.807, 2.05) is 54.7 Å². The van der Waals surface area contributed by atoms with Gasteiger partial charge in [0.2, 0.25) is 5.13 Å². The zero-order valence-corrected chi connectivity index (χ0v) is 20.0. The van der Waals surface area contributed by atoms with Crippen LogP contribution >= 0.6 is 11.3 Å². The zero-order valence-electron chi connectivity index (χ0n) is 19.2. The van der Waals surface area contributed by atoms with E-state index < -0.39 is 0 Å². The van der Waals surface area contributed by atoms with Crippen LogP contribution in [0.4, 0.5) is 5.13 Å². The minimum atomic E-state index is -0.265. The Morgan fingerprint density at radius 3 is 2.36 bits per heavy atom. The quantitative estimate of drug-likeness (QED) is 0.320. The Balaban J connectivity index is 1.26. The summed E-state index contributed by atoms with van der Waals surface area (Å²) >= 11 is 1.44. The van der Waals surface area contributed by atoms with Crippen molar-refractivity contribution < 1.29 is 9.59 Å². The number of fused-ring (bicyclic) bond motifs is 2. The summed E-state index contributed by atoms with van der Waals surface area (Å²) in [5, 5.41) is 15.8. The Morgan fingerprint density at radius 2 is 1.58 bits per heavy atom. The molecule has 1 unspecified atom stereocenters. The van der Waals surface area contributed by atoms with Gasteiger partial charge in [-0.25, -0.2) is 0 Å². The molecule has 1 atom stereocenters. The van der Waals surface area contributed by atoms with E-state index in [-0.39, 0.29) is 24.4 Å². The first-order valence-corrected chi connectivity index (χ1v) is 12.4. The van der Waals surface area contributed by atoms with Gasteiger partial charge in [-0.05, 0) is 41.6 Å². The molecule has 8 heteroatoms. The van der Waals surface area contributed by atoms with Gasteiger partial charge in [0.1, 0.15) is 5.01 Å². The molecule has 6 rings (SSSR count). The normalized spacial score (nSPS) is 13.7. The van der Waals surface area contributed by atoms with Crippen molar-refractivity contribution in [2.75, 3.05) is 11.9 Å². The minimum absolute atomic E-state index is 0.221. The zero-order chi connectivity index (χ0) is 24.5. The van der Waals surface area contributed by atoms with Gasteiger partial charge >= 0.3 is 0 Å². The Bertz CT molecular complexity index is 1550. The topological polar surface area (TPSA) is 88.1 Å². The molecule has 2 aromatic heterocycles. The Labute approximate surface area is 211 Å². The number of aromatic nitrogens is 3. The standard InChI is InChI=1S/C28H21N5O2S/c34-26-23-8-4-5-9-24(23)27(35)33(26)17-22(14-18-6-2-1-3-7-18)30-28-32-31-25(36-28)20-10-11-21-16-29-13-12-19(21)15-20/h1-13,15-16,22H,14,17H2,(H,30,32). The van der Waals surface area contributed by atoms with Crippen LogP contribution in [0.2, 0.25) is 0 Å². The molecule has 0 aliphatic carbocycles. The number of anilines is 1. The highest BCUT2D eigenvalue weighted by Gasteiger charge is 2.36. The van der Waals surface area contributed by atoms with Crippen LogP contribution in [-0.4, -0.2) is 44.5 Å². The van der Waals surface area contributed by atoms with E-state index in [2.05, 4.69) is 26.6 Å². The molecule has 5 aromatic rings. The van der Waals surface area contributed by atoms with Crippen LogP contribution in [0.15, 0.2) is 91.3 Å². The van der Waals surface area contributed by atoms with Gasteiger partial charge in [-0.15, -0.1) is 10.2 Å². The Morgan fingerprint density at radius 1 is 0.833 bits per heavy atom. The van der Waals surface area contributed by atoms with E-state index in [0.717, 1.165) is 26.9 Å². The number of carbonyl (C=O) groups excluding carboxylic acids is 2. The van der Waals surface area contributed by atoms with E-state index in [1.54, 1.807) is 30.5 Å². The van der Waals surface area contributed by atoms with E-state index in [9.17, 15) is 9.59 Å². The van der Waals surface area contributed by atoms with Crippen molar-refractivity contribution in [3.63, 3.8) is 0 Å². The van der Waals surface area contributed by atoms with E-state index in [1.165, 1.54) is 16.2 Å². The maximum Gasteiger partial charge on any atom is 0.261 e. The fourth-order valence-electron chi connectivity index (χ4n) is 4.47. The number of hydrogen-bond acceptors (Lipinski definition) is 7. The van der Waals surface area contributed by atoms with Gasteiger partial charge in [0.05, 0.1) is 17.2 Å². The first-order chi connectivity index (χ1) is 17.7. The number of nitrogens with zero attached hydrogens (tertiary/aromatic N) is 4. The minimum Gasteiger partial charge on any atom is -0.355 e. The molecule has 0 radical (unpaired) electrons. The highest BCUT2D eigenvalue weighted by Crippen LogP contribution is 2.30. The first-order valence-electron chi connectivity index (χ1n) is 11.6. The molecule has 0 fully saturated rings. The van der Waals surface area contributed by atoms with Gasteiger partial charge in [0.15, 0.2) is 0 Å². The van der Waals surface area contributed by atoms with Crippen molar-refractivity contribution in [3.8, 4) is 10.6 Å². The van der Waals surface area contributed by atoms with Gasteiger partial charge < -0.3 is 5.32 Å². The second-order valence-electron chi connectivity index (χ2n) is 8.65. The third-order valence-corrected chi connectivity index (χ3v) is 7.15. The maximum atomic E-state index is 13.0. The summed E-state index contributed by atoms with van der Waals surface area (Å²) in [7, 11) is 0. The van der Waals surface area contributed by atoms with E-state index >= 15 is 0 Å². The van der Waals surface area contributed by atoms with Gasteiger partial charge in [0, 0.05) is 29.9 Å². The van der Waals surface area contributed by atoms with Gasteiger partial charge in [-0.3, -0.25) is 19.5 Å². The molecular weight excluding hydrogens is 470 g/mol. The van der Waals surface area contributed by atoms with Crippen molar-refractivity contribution >= 4 is 39.1 Å². The average molecular weight is 492 g/mol. The number of carbonyl (C=O) groups is 2. The van der Waals surface area contributed by atoms with Gasteiger partial charge in [-0.1, -0.05) is 65.9 Å². The van der Waals surface area contributed by atoms with E-state index in [4.69, 9.17) is 0 Å². The van der Waals surface area contributed by atoms with Crippen molar-refractivity contribution in [2.45, 2.75) is 12.5 Å². The molecule has 0 saturated heterocycles. The summed E-state index contributed by atoms with van der Waals surface area (Å²) in [5.74, 6) is -0.530. The highest BCUT2D eigenvalue weighted by atomic mass is 32.1. The first kappa shape index (κ1) is 22.1. The lowest BCUT2D eigenvalue weighted by atomic mass is 10.1. The summed E-state index contributed by atoms with van der Waals surface area (Å²) in [6.45, 7) is 0.221. The SMILES string of the molecule is O=C1c2ccccc2C(=O)N1CC(Cc1ccccc1)Nc1nnc(-c2ccc3cnccc3c2)s1. The third-order valence-electron chi connectivity index (χ3n) is 6.25. The molecule has 3 aromatic carbocycles. The van der Waals surface area contributed by atoms with Crippen LogP contribution in [0, 0.1) is 0 Å². The number of benzene rings is 3. The van der Waals surface area contributed by atoms with Crippen LogP contribution in [0.3, 0.4) is 0 Å². The van der Waals surface area contributed by atoms with Crippen LogP contribution in [0.5, 0.6) is 0 Å². The second-order valence-corrected chi connectivity index (χ2v) is 9.62. The number of rotatable bonds is 7. The number of hydrogen-bond donors (Lipinski definition) is 1. The van der Waals surface area contributed by atoms with Gasteiger partial charge in [0.25, 0.3) is 11.8 Å². The molecule has 176 valence electrons. The number of amides is 2. The van der Waals surface area contributed by atoms with Crippen LogP contribution < -0.4 is 5.32 Å². The fraction of sp³-hybridized carbons (Fsp3) is 0.107. The van der Waals surface area contributed by atoms with Crippen molar-refractivity contribution in [1.82, 2.24) is 20.1 Å². The molecule has 2 amide bonds. The number of imide groups is 1. The lowest BCUT2D eigenvalue weighted by Gasteiger charge is -2.23. The molecule has 3 heterocycles. The fourth-order valence-corrected chi connectivity index (χ4v) is 5.29. The molecule has 36 heavy (non-hydrogen) atoms. The largest absolute Gasteiger partial charge is 0.355 e. The summed E-state index contributed by atoms with van der Waals surface area (Å²) < 4.78 is 0. The molecule has 0 saturated carbocycles. The predicted molar refractivity (Wildman–Crippen MR) is 140 cm³/mol. The molecule has 1 aliphatic heterocycles. The maximum absolute atomic E-state index is 13.0. The van der Waals surface area contributed by atoms with Gasteiger partial charge in [-0.2, -0.15) is 0 Å². The van der Waals surface area contributed by atoms with Crippen molar-refractivity contribution in [3.05, 3.63) is 108 Å². The van der Waals surface area contributed by atoms with E-state index in [0.29, 0.717) is 22.7 Å². The lowest BCUT2D eigenvalue weighted by Crippen LogP contribution is -2.41. The Kier molecular flexibility index (Phi) is 5.71. The van der Waals surface area contributed by atoms with Crippen molar-refractivity contribution in [1.29, 1.82) is 0 Å². The molecule has 0 bridgehead atoms. The molecular formula is C28H21N5O2S. The van der Waals surface area contributed by atoms with Crippen LogP contribution in [0.1, 0.15) is 26.3 Å². The monoisotopic (exact) mass is 491 g/mol. The summed E-state index contributed by atoms with van der Waals surface area (Å²) in [5.41, 5.74) is 2.97. The number of nitrogens with one attached hydrogen (secondary N) is 1. The molecule has 1 aliphatic rings. The van der Waals surface area contributed by atoms with Crippen LogP contribution in [-0.2, 0) is 6.42 Å². The summed E-state index contributed by atoms with van der Waals surface area (Å²) in [6.07, 6.45) is 4.22. The lowest BCUT2D eigenvalue weighted by molar-refractivity contribution is 0.0647. The highest BCUT2D eigenvalue weighted by molar-refractivity contribution is 7.18. The number of pyridine rings is 1. The Hall–Kier alpha value is -4.43. The molecule has 0 spiro atoms. The summed E-state index contributed by atoms with van der Waals surface area (Å²) in [4.78, 5) is 31.5. The third kappa shape index (κ3) is 4.23. The predicted octanol–water partition coefficient (Wildman–Crippen LogP) is 5.07. The molecule has 7 nitrogen and oxygen atoms in total. The molecule has 1 N–H and O–H groups in total. The summed E-state index contributed by atoms with van der Waals surface area (Å²) in [6, 6.07) is 24.8. The van der Waals surface area contributed by atoms with Crippen molar-refractivity contribution in [2.24, 2.45) is 0 Å². The smallest absolute Gasteiger partial charge is 0.261 e.